The van der Waals surface area contributed by atoms with Crippen molar-refractivity contribution >= 4 is 23.8 Å². The minimum absolute atomic E-state index is 0.0640. The largest absolute Gasteiger partial charge is 0.481 e. The van der Waals surface area contributed by atoms with Crippen molar-refractivity contribution in [1.29, 1.82) is 0 Å². The van der Waals surface area contributed by atoms with Crippen LogP contribution in [0, 0.1) is 0 Å². The summed E-state index contributed by atoms with van der Waals surface area (Å²) in [7, 11) is 0. The van der Waals surface area contributed by atoms with Crippen LogP contribution in [0.25, 0.3) is 0 Å². The molecular weight excluding hydrogens is 288 g/mol. The zero-order valence-electron chi connectivity index (χ0n) is 13.1. The van der Waals surface area contributed by atoms with Crippen molar-refractivity contribution in [2.24, 2.45) is 0 Å². The molecule has 2 fully saturated rings. The standard InChI is InChI=1S/C10H16N2O3S.C5H12/c13-8(14)4-2-1-3-7-9-6(5-16-7)11-10(15)12-9;1-3-5-4-2/h6-7,9H,1-5H2,(H,13,14)(H2,11,12,15);3-5H2,1-2H3/t6-,7-,9-;/m0./s1. The monoisotopic (exact) mass is 316 g/mol. The Labute approximate surface area is 131 Å². The Morgan fingerprint density at radius 3 is 2.52 bits per heavy atom. The molecule has 0 radical (unpaired) electrons. The number of hydrogen-bond acceptors (Lipinski definition) is 3. The van der Waals surface area contributed by atoms with Crippen LogP contribution in [0.2, 0.25) is 0 Å². The quantitative estimate of drug-likeness (QED) is 0.498. The second-order valence-corrected chi connectivity index (χ2v) is 6.89. The van der Waals surface area contributed by atoms with E-state index in [9.17, 15) is 9.59 Å². The Bertz CT molecular complexity index is 337. The van der Waals surface area contributed by atoms with Gasteiger partial charge in [-0.05, 0) is 12.8 Å². The number of amides is 2. The van der Waals surface area contributed by atoms with E-state index in [0.29, 0.717) is 5.25 Å². The van der Waals surface area contributed by atoms with Crippen LogP contribution in [0.4, 0.5) is 4.79 Å². The van der Waals surface area contributed by atoms with Gasteiger partial charge in [0.1, 0.15) is 0 Å². The Kier molecular flexibility index (Phi) is 8.57. The summed E-state index contributed by atoms with van der Waals surface area (Å²) >= 11 is 1.87. The lowest BCUT2D eigenvalue weighted by molar-refractivity contribution is -0.137. The summed E-state index contributed by atoms with van der Waals surface area (Å²) in [6, 6.07) is 0.440. The molecule has 0 aromatic carbocycles. The summed E-state index contributed by atoms with van der Waals surface area (Å²) in [4.78, 5) is 21.5. The number of rotatable bonds is 7. The maximum atomic E-state index is 11.1. The Hall–Kier alpha value is -0.910. The fraction of sp³-hybridized carbons (Fsp3) is 0.867. The van der Waals surface area contributed by atoms with Gasteiger partial charge in [0.25, 0.3) is 0 Å². The van der Waals surface area contributed by atoms with Crippen LogP contribution in [-0.2, 0) is 4.79 Å². The van der Waals surface area contributed by atoms with Crippen LogP contribution in [0.1, 0.15) is 58.8 Å². The van der Waals surface area contributed by atoms with Gasteiger partial charge in [-0.2, -0.15) is 11.8 Å². The number of aliphatic carboxylic acids is 1. The molecule has 0 aliphatic carbocycles. The topological polar surface area (TPSA) is 78.4 Å². The van der Waals surface area contributed by atoms with Gasteiger partial charge >= 0.3 is 12.0 Å². The number of unbranched alkanes of at least 4 members (excludes halogenated alkanes) is 3. The van der Waals surface area contributed by atoms with Crippen molar-refractivity contribution in [2.45, 2.75) is 76.1 Å². The molecule has 2 saturated heterocycles. The number of hydrogen-bond donors (Lipinski definition) is 3. The average molecular weight is 316 g/mol. The van der Waals surface area contributed by atoms with Crippen molar-refractivity contribution in [3.63, 3.8) is 0 Å². The summed E-state index contributed by atoms with van der Waals surface area (Å²) in [6.45, 7) is 4.42. The first kappa shape index (κ1) is 18.1. The van der Waals surface area contributed by atoms with E-state index in [0.717, 1.165) is 25.0 Å². The molecule has 3 N–H and O–H groups in total. The van der Waals surface area contributed by atoms with E-state index < -0.39 is 5.97 Å². The van der Waals surface area contributed by atoms with Crippen molar-refractivity contribution in [3.8, 4) is 0 Å². The van der Waals surface area contributed by atoms with E-state index in [2.05, 4.69) is 24.5 Å². The van der Waals surface area contributed by atoms with Crippen LogP contribution in [0.5, 0.6) is 0 Å². The lowest BCUT2D eigenvalue weighted by atomic mass is 10.0. The van der Waals surface area contributed by atoms with Gasteiger partial charge in [0.15, 0.2) is 0 Å². The fourth-order valence-electron chi connectivity index (χ4n) is 2.62. The van der Waals surface area contributed by atoms with Crippen molar-refractivity contribution in [3.05, 3.63) is 0 Å². The Morgan fingerprint density at radius 2 is 1.95 bits per heavy atom. The number of carboxylic acid groups (broad SMARTS) is 1. The normalized spacial score (nSPS) is 26.4. The number of fused-ring (bicyclic) bond motifs is 1. The van der Waals surface area contributed by atoms with Gasteiger partial charge in [0.2, 0.25) is 0 Å². The van der Waals surface area contributed by atoms with Gasteiger partial charge in [0.05, 0.1) is 12.1 Å². The number of carbonyl (C=O) groups excluding carboxylic acids is 1. The zero-order chi connectivity index (χ0) is 15.7. The zero-order valence-corrected chi connectivity index (χ0v) is 13.9. The van der Waals surface area contributed by atoms with Crippen molar-refractivity contribution in [2.75, 3.05) is 5.75 Å². The van der Waals surface area contributed by atoms with Crippen molar-refractivity contribution < 1.29 is 14.7 Å². The van der Waals surface area contributed by atoms with Crippen LogP contribution in [-0.4, -0.2) is 40.2 Å². The smallest absolute Gasteiger partial charge is 0.315 e. The van der Waals surface area contributed by atoms with Crippen LogP contribution >= 0.6 is 11.8 Å². The summed E-state index contributed by atoms with van der Waals surface area (Å²) in [5.74, 6) is 0.236. The molecule has 2 aliphatic rings. The maximum Gasteiger partial charge on any atom is 0.315 e. The van der Waals surface area contributed by atoms with Gasteiger partial charge < -0.3 is 15.7 Å². The molecule has 0 spiro atoms. The molecule has 6 heteroatoms. The van der Waals surface area contributed by atoms with E-state index in [1.807, 2.05) is 11.8 Å². The summed E-state index contributed by atoms with van der Waals surface area (Å²) in [5, 5.41) is 14.8. The number of thioether (sulfide) groups is 1. The summed E-state index contributed by atoms with van der Waals surface area (Å²) in [5.41, 5.74) is 0. The van der Waals surface area contributed by atoms with Gasteiger partial charge in [0, 0.05) is 17.4 Å². The lowest BCUT2D eigenvalue weighted by Gasteiger charge is -2.16. The Morgan fingerprint density at radius 1 is 1.24 bits per heavy atom. The Balaban J connectivity index is 0.000000383. The molecule has 2 rings (SSSR count). The maximum absolute atomic E-state index is 11.1. The highest BCUT2D eigenvalue weighted by Gasteiger charge is 2.42. The van der Waals surface area contributed by atoms with Crippen molar-refractivity contribution in [1.82, 2.24) is 10.6 Å². The fourth-order valence-corrected chi connectivity index (χ4v) is 4.16. The minimum Gasteiger partial charge on any atom is -0.481 e. The van der Waals surface area contributed by atoms with Gasteiger partial charge in [-0.1, -0.05) is 39.5 Å². The molecule has 3 atom stereocenters. The van der Waals surface area contributed by atoms with Gasteiger partial charge in [-0.15, -0.1) is 0 Å². The summed E-state index contributed by atoms with van der Waals surface area (Å²) in [6.07, 6.45) is 6.96. The lowest BCUT2D eigenvalue weighted by Crippen LogP contribution is -2.36. The molecular formula is C15H28N2O3S. The average Bonchev–Trinajstić information content (AvgIpc) is 2.96. The SMILES string of the molecule is CCCCC.O=C(O)CCCC[C@@H]1SC[C@@H]2NC(=O)N[C@@H]21. The predicted octanol–water partition coefficient (Wildman–Crippen LogP) is 2.99. The van der Waals surface area contributed by atoms with E-state index >= 15 is 0 Å². The predicted molar refractivity (Wildman–Crippen MR) is 86.8 cm³/mol. The number of carbonyl (C=O) groups is 2. The molecule has 122 valence electrons. The molecule has 5 nitrogen and oxygen atoms in total. The van der Waals surface area contributed by atoms with Crippen LogP contribution in [0.3, 0.4) is 0 Å². The van der Waals surface area contributed by atoms with Crippen LogP contribution < -0.4 is 10.6 Å². The summed E-state index contributed by atoms with van der Waals surface area (Å²) < 4.78 is 0. The second kappa shape index (κ2) is 9.92. The van der Waals surface area contributed by atoms with Gasteiger partial charge in [-0.3, -0.25) is 4.79 Å². The molecule has 21 heavy (non-hydrogen) atoms. The first-order valence-electron chi connectivity index (χ1n) is 7.98. The number of carboxylic acids is 1. The third kappa shape index (κ3) is 6.59. The van der Waals surface area contributed by atoms with E-state index in [-0.39, 0.29) is 24.5 Å². The highest BCUT2D eigenvalue weighted by atomic mass is 32.2. The molecule has 0 bridgehead atoms. The molecule has 2 amide bonds. The molecule has 0 saturated carbocycles. The molecule has 0 aromatic rings. The first-order valence-corrected chi connectivity index (χ1v) is 9.03. The van der Waals surface area contributed by atoms with E-state index in [1.165, 1.54) is 19.3 Å². The minimum atomic E-state index is -0.729. The molecule has 2 heterocycles. The molecule has 2 aliphatic heterocycles. The number of nitrogens with one attached hydrogen (secondary N) is 2. The van der Waals surface area contributed by atoms with E-state index in [4.69, 9.17) is 5.11 Å². The van der Waals surface area contributed by atoms with Crippen LogP contribution in [0.15, 0.2) is 0 Å². The third-order valence-electron chi connectivity index (χ3n) is 3.77. The second-order valence-electron chi connectivity index (χ2n) is 5.61. The molecule has 0 unspecified atom stereocenters. The van der Waals surface area contributed by atoms with Gasteiger partial charge in [-0.25, -0.2) is 4.79 Å². The third-order valence-corrected chi connectivity index (χ3v) is 5.28. The number of urea groups is 1. The molecule has 0 aromatic heterocycles. The highest BCUT2D eigenvalue weighted by molar-refractivity contribution is 8.00. The van der Waals surface area contributed by atoms with E-state index in [1.54, 1.807) is 0 Å². The first-order chi connectivity index (χ1) is 10.1. The highest BCUT2D eigenvalue weighted by Crippen LogP contribution is 2.33.